The van der Waals surface area contributed by atoms with Crippen molar-refractivity contribution in [1.29, 1.82) is 0 Å². The summed E-state index contributed by atoms with van der Waals surface area (Å²) in [5, 5.41) is 7.52. The van der Waals surface area contributed by atoms with Gasteiger partial charge in [-0.1, -0.05) is 16.5 Å². The summed E-state index contributed by atoms with van der Waals surface area (Å²) in [6.07, 6.45) is 0. The van der Waals surface area contributed by atoms with E-state index in [9.17, 15) is 4.79 Å². The first kappa shape index (κ1) is 12.6. The fourth-order valence-corrected chi connectivity index (χ4v) is 2.30. The second kappa shape index (κ2) is 5.18. The summed E-state index contributed by atoms with van der Waals surface area (Å²) in [6.45, 7) is 4.11. The highest BCUT2D eigenvalue weighted by Crippen LogP contribution is 2.23. The molecule has 0 aromatic carbocycles. The molecule has 0 aliphatic carbocycles. The van der Waals surface area contributed by atoms with Gasteiger partial charge in [0.1, 0.15) is 4.88 Å². The van der Waals surface area contributed by atoms with Crippen LogP contribution in [-0.4, -0.2) is 23.2 Å². The lowest BCUT2D eigenvalue weighted by atomic mass is 10.4. The zero-order valence-corrected chi connectivity index (χ0v) is 11.1. The third kappa shape index (κ3) is 2.67. The number of esters is 1. The van der Waals surface area contributed by atoms with Gasteiger partial charge in [-0.25, -0.2) is 9.78 Å². The van der Waals surface area contributed by atoms with Crippen LogP contribution < -0.4 is 5.32 Å². The van der Waals surface area contributed by atoms with Crippen LogP contribution in [0, 0.1) is 13.8 Å². The van der Waals surface area contributed by atoms with E-state index in [4.69, 9.17) is 4.52 Å². The van der Waals surface area contributed by atoms with Crippen LogP contribution in [-0.2, 0) is 11.3 Å². The maximum atomic E-state index is 11.4. The summed E-state index contributed by atoms with van der Waals surface area (Å²) in [5.74, 6) is 0.355. The molecule has 6 nitrogen and oxygen atoms in total. The van der Waals surface area contributed by atoms with E-state index >= 15 is 0 Å². The summed E-state index contributed by atoms with van der Waals surface area (Å²) in [6, 6.07) is 1.84. The van der Waals surface area contributed by atoms with Gasteiger partial charge in [0.25, 0.3) is 0 Å². The molecule has 2 heterocycles. The van der Waals surface area contributed by atoms with Crippen molar-refractivity contribution in [3.05, 3.63) is 28.1 Å². The molecule has 0 atom stereocenters. The number of methoxy groups -OCH3 is 1. The third-order valence-electron chi connectivity index (χ3n) is 2.26. The normalized spacial score (nSPS) is 10.4. The number of nitrogens with zero attached hydrogens (tertiary/aromatic N) is 2. The molecular weight excluding hydrogens is 254 g/mol. The molecule has 0 unspecified atom stereocenters. The van der Waals surface area contributed by atoms with Gasteiger partial charge < -0.3 is 14.6 Å². The Kier molecular flexibility index (Phi) is 3.61. The standard InChI is InChI=1S/C11H13N3O3S/c1-6-4-8(17-14-6)5-12-11-13-7(2)9(18-11)10(15)16-3/h4H,5H2,1-3H3,(H,12,13). The number of thiazole rings is 1. The lowest BCUT2D eigenvalue weighted by Gasteiger charge is -1.96. The maximum absolute atomic E-state index is 11.4. The second-order valence-electron chi connectivity index (χ2n) is 3.71. The van der Waals surface area contributed by atoms with E-state index in [1.807, 2.05) is 13.0 Å². The number of hydrogen-bond donors (Lipinski definition) is 1. The van der Waals surface area contributed by atoms with Crippen LogP contribution >= 0.6 is 11.3 Å². The molecule has 0 saturated carbocycles. The second-order valence-corrected chi connectivity index (χ2v) is 4.71. The van der Waals surface area contributed by atoms with E-state index in [1.165, 1.54) is 18.4 Å². The summed E-state index contributed by atoms with van der Waals surface area (Å²) >= 11 is 1.26. The van der Waals surface area contributed by atoms with Crippen LogP contribution in [0.2, 0.25) is 0 Å². The van der Waals surface area contributed by atoms with E-state index in [0.29, 0.717) is 22.2 Å². The largest absolute Gasteiger partial charge is 0.465 e. The van der Waals surface area contributed by atoms with Gasteiger partial charge in [0.05, 0.1) is 25.0 Å². The van der Waals surface area contributed by atoms with Crippen molar-refractivity contribution in [3.8, 4) is 0 Å². The monoisotopic (exact) mass is 267 g/mol. The predicted octanol–water partition coefficient (Wildman–Crippen LogP) is 2.15. The molecular formula is C11H13N3O3S. The predicted molar refractivity (Wildman–Crippen MR) is 66.8 cm³/mol. The molecule has 0 saturated heterocycles. The topological polar surface area (TPSA) is 77.2 Å². The third-order valence-corrected chi connectivity index (χ3v) is 3.35. The zero-order chi connectivity index (χ0) is 13.1. The molecule has 0 aliphatic rings. The van der Waals surface area contributed by atoms with Crippen LogP contribution in [0.25, 0.3) is 0 Å². The Hall–Kier alpha value is -1.89. The molecule has 0 spiro atoms. The average Bonchev–Trinajstić information content (AvgIpc) is 2.92. The first-order valence-corrected chi connectivity index (χ1v) is 6.13. The number of anilines is 1. The van der Waals surface area contributed by atoms with Crippen LogP contribution in [0.4, 0.5) is 5.13 Å². The lowest BCUT2D eigenvalue weighted by Crippen LogP contribution is -1.99. The van der Waals surface area contributed by atoms with Crippen molar-refractivity contribution < 1.29 is 14.1 Å². The molecule has 18 heavy (non-hydrogen) atoms. The van der Waals surface area contributed by atoms with E-state index in [2.05, 4.69) is 20.2 Å². The lowest BCUT2D eigenvalue weighted by molar-refractivity contribution is 0.0605. The highest BCUT2D eigenvalue weighted by atomic mass is 32.1. The Bertz CT molecular complexity index is 562. The number of aryl methyl sites for hydroxylation is 2. The number of carbonyl (C=O) groups excluding carboxylic acids is 1. The van der Waals surface area contributed by atoms with Crippen molar-refractivity contribution in [2.75, 3.05) is 12.4 Å². The maximum Gasteiger partial charge on any atom is 0.350 e. The summed E-state index contributed by atoms with van der Waals surface area (Å²) in [5.41, 5.74) is 1.49. The first-order chi connectivity index (χ1) is 8.60. The van der Waals surface area contributed by atoms with E-state index in [-0.39, 0.29) is 5.97 Å². The fourth-order valence-electron chi connectivity index (χ4n) is 1.42. The molecule has 0 aliphatic heterocycles. The molecule has 0 bridgehead atoms. The molecule has 7 heteroatoms. The van der Waals surface area contributed by atoms with Gasteiger partial charge in [0.2, 0.25) is 0 Å². The fraction of sp³-hybridized carbons (Fsp3) is 0.364. The Morgan fingerprint density at radius 2 is 2.33 bits per heavy atom. The average molecular weight is 267 g/mol. The summed E-state index contributed by atoms with van der Waals surface area (Å²) in [4.78, 5) is 16.2. The van der Waals surface area contributed by atoms with Crippen LogP contribution in [0.5, 0.6) is 0 Å². The van der Waals surface area contributed by atoms with Gasteiger partial charge in [0.15, 0.2) is 10.9 Å². The Morgan fingerprint density at radius 1 is 1.56 bits per heavy atom. The van der Waals surface area contributed by atoms with Crippen LogP contribution in [0.3, 0.4) is 0 Å². The first-order valence-electron chi connectivity index (χ1n) is 5.32. The number of nitrogens with one attached hydrogen (secondary N) is 1. The molecule has 2 aromatic rings. The number of ether oxygens (including phenoxy) is 1. The molecule has 0 amide bonds. The molecule has 2 rings (SSSR count). The smallest absolute Gasteiger partial charge is 0.350 e. The van der Waals surface area contributed by atoms with Gasteiger partial charge in [0, 0.05) is 6.07 Å². The highest BCUT2D eigenvalue weighted by molar-refractivity contribution is 7.17. The quantitative estimate of drug-likeness (QED) is 0.855. The molecule has 0 fully saturated rings. The Morgan fingerprint density at radius 3 is 2.94 bits per heavy atom. The minimum absolute atomic E-state index is 0.367. The van der Waals surface area contributed by atoms with Gasteiger partial charge in [-0.2, -0.15) is 0 Å². The van der Waals surface area contributed by atoms with Gasteiger partial charge in [-0.3, -0.25) is 0 Å². The molecule has 2 aromatic heterocycles. The number of aromatic nitrogens is 2. The number of hydrogen-bond acceptors (Lipinski definition) is 7. The molecule has 1 N–H and O–H groups in total. The van der Waals surface area contributed by atoms with Crippen LogP contribution in [0.1, 0.15) is 26.8 Å². The Balaban J connectivity index is 2.04. The minimum Gasteiger partial charge on any atom is -0.465 e. The molecule has 0 radical (unpaired) electrons. The summed E-state index contributed by atoms with van der Waals surface area (Å²) < 4.78 is 9.74. The van der Waals surface area contributed by atoms with Crippen molar-refractivity contribution >= 4 is 22.4 Å². The van der Waals surface area contributed by atoms with E-state index < -0.39 is 0 Å². The minimum atomic E-state index is -0.367. The van der Waals surface area contributed by atoms with Crippen molar-refractivity contribution in [2.24, 2.45) is 0 Å². The number of carbonyl (C=O) groups is 1. The van der Waals surface area contributed by atoms with Crippen molar-refractivity contribution in [1.82, 2.24) is 10.1 Å². The van der Waals surface area contributed by atoms with E-state index in [1.54, 1.807) is 6.92 Å². The summed E-state index contributed by atoms with van der Waals surface area (Å²) in [7, 11) is 1.35. The highest BCUT2D eigenvalue weighted by Gasteiger charge is 2.15. The van der Waals surface area contributed by atoms with Crippen LogP contribution in [0.15, 0.2) is 10.6 Å². The zero-order valence-electron chi connectivity index (χ0n) is 10.3. The molecule has 96 valence electrons. The SMILES string of the molecule is COC(=O)c1sc(NCc2cc(C)no2)nc1C. The Labute approximate surface area is 108 Å². The van der Waals surface area contributed by atoms with Crippen molar-refractivity contribution in [3.63, 3.8) is 0 Å². The van der Waals surface area contributed by atoms with Gasteiger partial charge in [-0.15, -0.1) is 0 Å². The van der Waals surface area contributed by atoms with Gasteiger partial charge >= 0.3 is 5.97 Å². The van der Waals surface area contributed by atoms with E-state index in [0.717, 1.165) is 11.5 Å². The van der Waals surface area contributed by atoms with Gasteiger partial charge in [-0.05, 0) is 13.8 Å². The number of rotatable bonds is 4. The van der Waals surface area contributed by atoms with Crippen molar-refractivity contribution in [2.45, 2.75) is 20.4 Å².